The zero-order valence-corrected chi connectivity index (χ0v) is 7.39. The van der Waals surface area contributed by atoms with Crippen molar-refractivity contribution in [3.05, 3.63) is 0 Å². The van der Waals surface area contributed by atoms with Crippen molar-refractivity contribution >= 4 is 34.8 Å². The van der Waals surface area contributed by atoms with Gasteiger partial charge in [-0.3, -0.25) is 0 Å². The minimum atomic E-state index is 0.773. The lowest BCUT2D eigenvalue weighted by Gasteiger charge is -2.17. The molecule has 0 spiro atoms. The van der Waals surface area contributed by atoms with E-state index >= 15 is 0 Å². The van der Waals surface area contributed by atoms with Gasteiger partial charge >= 0.3 is 0 Å². The third-order valence-electron chi connectivity index (χ3n) is 1.18. The topological polar surface area (TPSA) is 3.24 Å². The molecule has 0 heterocycles. The molecule has 0 bridgehead atoms. The maximum atomic E-state index is 4.94. The van der Waals surface area contributed by atoms with Crippen molar-refractivity contribution < 1.29 is 0 Å². The molecule has 0 radical (unpaired) electrons. The molecule has 0 aliphatic heterocycles. The van der Waals surface area contributed by atoms with Gasteiger partial charge < -0.3 is 4.90 Å². The van der Waals surface area contributed by atoms with Gasteiger partial charge in [0, 0.05) is 18.5 Å². The third kappa shape index (κ3) is 2.87. The van der Waals surface area contributed by atoms with Crippen LogP contribution in [-0.4, -0.2) is 28.3 Å². The number of hydrogen-bond acceptors (Lipinski definition) is 2. The zero-order chi connectivity index (χ0) is 7.28. The standard InChI is InChI=1S/C6H11NS2/c1-3-7(4-2)6(9)5-8/h5H,3-4H2,1-2H3. The fraction of sp³-hybridized carbons (Fsp3) is 0.667. The lowest BCUT2D eigenvalue weighted by Crippen LogP contribution is -2.29. The van der Waals surface area contributed by atoms with Crippen LogP contribution in [0, 0.1) is 0 Å². The van der Waals surface area contributed by atoms with Crippen molar-refractivity contribution in [3.63, 3.8) is 0 Å². The van der Waals surface area contributed by atoms with E-state index in [1.165, 1.54) is 0 Å². The SMILES string of the molecule is CCN(CC)C(=S)C=S. The molecular formula is C6H11NS2. The Labute approximate surface area is 67.0 Å². The predicted octanol–water partition coefficient (Wildman–Crippen LogP) is 1.66. The Kier molecular flexibility index (Phi) is 4.81. The molecule has 0 aromatic heterocycles. The Balaban J connectivity index is 3.78. The molecule has 3 heteroatoms. The minimum absolute atomic E-state index is 0.773. The fourth-order valence-electron chi connectivity index (χ4n) is 0.610. The molecular weight excluding hydrogens is 150 g/mol. The first-order chi connectivity index (χ1) is 4.26. The summed E-state index contributed by atoms with van der Waals surface area (Å²) in [5.74, 6) is 0. The molecule has 0 aromatic carbocycles. The summed E-state index contributed by atoms with van der Waals surface area (Å²) in [4.78, 5) is 2.82. The second-order valence-electron chi connectivity index (χ2n) is 1.63. The lowest BCUT2D eigenvalue weighted by atomic mass is 10.5. The van der Waals surface area contributed by atoms with Crippen LogP contribution in [0.4, 0.5) is 0 Å². The highest BCUT2D eigenvalue weighted by molar-refractivity contribution is 7.87. The molecule has 0 rings (SSSR count). The van der Waals surface area contributed by atoms with Gasteiger partial charge in [0.15, 0.2) is 0 Å². The van der Waals surface area contributed by atoms with Crippen molar-refractivity contribution in [2.45, 2.75) is 13.8 Å². The van der Waals surface area contributed by atoms with Crippen molar-refractivity contribution in [2.75, 3.05) is 13.1 Å². The number of hydrogen-bond donors (Lipinski definition) is 0. The molecule has 0 unspecified atom stereocenters. The van der Waals surface area contributed by atoms with Crippen LogP contribution in [0.15, 0.2) is 0 Å². The smallest absolute Gasteiger partial charge is 0.112 e. The first-order valence-electron chi connectivity index (χ1n) is 3.00. The summed E-state index contributed by atoms with van der Waals surface area (Å²) in [6.07, 6.45) is 0. The molecule has 0 aliphatic rings. The number of rotatable bonds is 3. The van der Waals surface area contributed by atoms with Gasteiger partial charge in [0.2, 0.25) is 0 Å². The van der Waals surface area contributed by atoms with Gasteiger partial charge in [0.25, 0.3) is 0 Å². The first-order valence-corrected chi connectivity index (χ1v) is 3.88. The summed E-state index contributed by atoms with van der Waals surface area (Å²) in [5, 5.41) is 1.54. The van der Waals surface area contributed by atoms with E-state index in [1.807, 2.05) is 4.90 Å². The molecule has 0 aliphatic carbocycles. The molecule has 0 amide bonds. The highest BCUT2D eigenvalue weighted by Crippen LogP contribution is 1.88. The van der Waals surface area contributed by atoms with Crippen LogP contribution in [-0.2, 0) is 0 Å². The molecule has 0 saturated carbocycles. The van der Waals surface area contributed by atoms with E-state index in [9.17, 15) is 0 Å². The van der Waals surface area contributed by atoms with E-state index < -0.39 is 0 Å². The highest BCUT2D eigenvalue weighted by atomic mass is 32.1. The van der Waals surface area contributed by atoms with Gasteiger partial charge in [-0.15, -0.1) is 0 Å². The summed E-state index contributed by atoms with van der Waals surface area (Å²) in [5.41, 5.74) is 0. The molecule has 52 valence electrons. The highest BCUT2D eigenvalue weighted by Gasteiger charge is 1.98. The molecule has 0 saturated heterocycles. The third-order valence-corrected chi connectivity index (χ3v) is 1.92. The van der Waals surface area contributed by atoms with Crippen LogP contribution >= 0.6 is 24.4 Å². The Morgan fingerprint density at radius 3 is 2.00 bits per heavy atom. The minimum Gasteiger partial charge on any atom is -0.363 e. The summed E-state index contributed by atoms with van der Waals surface area (Å²) in [7, 11) is 0. The van der Waals surface area contributed by atoms with Crippen LogP contribution in [0.5, 0.6) is 0 Å². The van der Waals surface area contributed by atoms with Gasteiger partial charge in [0.05, 0.1) is 0 Å². The van der Waals surface area contributed by atoms with E-state index in [0.717, 1.165) is 18.1 Å². The van der Waals surface area contributed by atoms with E-state index in [-0.39, 0.29) is 0 Å². The van der Waals surface area contributed by atoms with Gasteiger partial charge in [-0.1, -0.05) is 24.4 Å². The van der Waals surface area contributed by atoms with E-state index in [0.29, 0.717) is 0 Å². The van der Waals surface area contributed by atoms with Crippen LogP contribution in [0.25, 0.3) is 0 Å². The van der Waals surface area contributed by atoms with Crippen molar-refractivity contribution in [1.82, 2.24) is 4.90 Å². The Bertz CT molecular complexity index is 108. The Morgan fingerprint density at radius 2 is 1.89 bits per heavy atom. The maximum Gasteiger partial charge on any atom is 0.112 e. The van der Waals surface area contributed by atoms with E-state index in [1.54, 1.807) is 5.37 Å². The van der Waals surface area contributed by atoms with Gasteiger partial charge in [-0.2, -0.15) is 0 Å². The lowest BCUT2D eigenvalue weighted by molar-refractivity contribution is 0.480. The van der Waals surface area contributed by atoms with Crippen molar-refractivity contribution in [1.29, 1.82) is 0 Å². The van der Waals surface area contributed by atoms with Crippen molar-refractivity contribution in [2.24, 2.45) is 0 Å². The summed E-state index contributed by atoms with van der Waals surface area (Å²) >= 11 is 9.62. The number of thiocarbonyl (C=S) groups is 2. The summed E-state index contributed by atoms with van der Waals surface area (Å²) in [6.45, 7) is 6.02. The van der Waals surface area contributed by atoms with E-state index in [4.69, 9.17) is 12.2 Å². The second kappa shape index (κ2) is 4.82. The quantitative estimate of drug-likeness (QED) is 0.580. The molecule has 0 N–H and O–H groups in total. The van der Waals surface area contributed by atoms with Crippen LogP contribution in [0.2, 0.25) is 0 Å². The summed E-state index contributed by atoms with van der Waals surface area (Å²) < 4.78 is 0. The van der Waals surface area contributed by atoms with Crippen LogP contribution in [0.3, 0.4) is 0 Å². The molecule has 0 atom stereocenters. The Morgan fingerprint density at radius 1 is 1.44 bits per heavy atom. The average Bonchev–Trinajstić information content (AvgIpc) is 1.90. The second-order valence-corrected chi connectivity index (χ2v) is 2.28. The molecule has 0 fully saturated rings. The van der Waals surface area contributed by atoms with Crippen LogP contribution < -0.4 is 0 Å². The molecule has 9 heavy (non-hydrogen) atoms. The number of nitrogens with zero attached hydrogens (tertiary/aromatic N) is 1. The predicted molar refractivity (Wildman–Crippen MR) is 49.2 cm³/mol. The molecule has 1 nitrogen and oxygen atoms in total. The van der Waals surface area contributed by atoms with Gasteiger partial charge in [-0.25, -0.2) is 0 Å². The molecule has 0 aromatic rings. The van der Waals surface area contributed by atoms with E-state index in [2.05, 4.69) is 26.1 Å². The summed E-state index contributed by atoms with van der Waals surface area (Å²) in [6, 6.07) is 0. The Hall–Kier alpha value is -0.0200. The van der Waals surface area contributed by atoms with Gasteiger partial charge in [-0.05, 0) is 13.8 Å². The average molecular weight is 161 g/mol. The first kappa shape index (κ1) is 8.98. The van der Waals surface area contributed by atoms with Gasteiger partial charge in [0.1, 0.15) is 4.99 Å². The largest absolute Gasteiger partial charge is 0.363 e. The maximum absolute atomic E-state index is 4.94. The zero-order valence-electron chi connectivity index (χ0n) is 5.76. The fourth-order valence-corrected chi connectivity index (χ4v) is 1.02. The monoisotopic (exact) mass is 161 g/mol. The van der Waals surface area contributed by atoms with Crippen LogP contribution in [0.1, 0.15) is 13.8 Å². The van der Waals surface area contributed by atoms with Crippen molar-refractivity contribution in [3.8, 4) is 0 Å². The normalized spacial score (nSPS) is 8.67.